The molecule has 2 unspecified atom stereocenters. The lowest BCUT2D eigenvalue weighted by molar-refractivity contribution is 0.320. The van der Waals surface area contributed by atoms with Gasteiger partial charge < -0.3 is 5.32 Å². The molecule has 2 heterocycles. The Labute approximate surface area is 112 Å². The number of aryl methyl sites for hydroxylation is 1. The molecule has 1 aliphatic rings. The van der Waals surface area contributed by atoms with Gasteiger partial charge in [0.2, 0.25) is 0 Å². The van der Waals surface area contributed by atoms with Gasteiger partial charge in [0.05, 0.1) is 11.2 Å². The van der Waals surface area contributed by atoms with Crippen LogP contribution in [-0.2, 0) is 10.0 Å². The van der Waals surface area contributed by atoms with Crippen molar-refractivity contribution in [1.29, 1.82) is 0 Å². The second kappa shape index (κ2) is 5.64. The minimum Gasteiger partial charge on any atom is -0.316 e. The average Bonchev–Trinajstić information content (AvgIpc) is 2.77. The van der Waals surface area contributed by atoms with Crippen molar-refractivity contribution in [2.45, 2.75) is 36.9 Å². The summed E-state index contributed by atoms with van der Waals surface area (Å²) in [6.45, 7) is 5.65. The molecule has 0 aliphatic carbocycles. The molecule has 0 spiro atoms. The van der Waals surface area contributed by atoms with Gasteiger partial charge in [0, 0.05) is 6.04 Å². The molecule has 7 heteroatoms. The minimum absolute atomic E-state index is 0.0507. The van der Waals surface area contributed by atoms with Crippen molar-refractivity contribution >= 4 is 21.4 Å². The number of thiazole rings is 1. The highest BCUT2D eigenvalue weighted by molar-refractivity contribution is 7.91. The highest BCUT2D eigenvalue weighted by Crippen LogP contribution is 2.20. The molecule has 0 amide bonds. The second-order valence-electron chi connectivity index (χ2n) is 4.71. The molecule has 1 aliphatic heterocycles. The molecule has 2 atom stereocenters. The number of hydrogen-bond acceptors (Lipinski definition) is 5. The van der Waals surface area contributed by atoms with Crippen molar-refractivity contribution in [2.24, 2.45) is 5.92 Å². The maximum atomic E-state index is 12.1. The number of nitrogens with one attached hydrogen (secondary N) is 2. The van der Waals surface area contributed by atoms with Crippen molar-refractivity contribution in [1.82, 2.24) is 15.0 Å². The summed E-state index contributed by atoms with van der Waals surface area (Å²) in [6, 6.07) is -0.0507. The van der Waals surface area contributed by atoms with Gasteiger partial charge in [-0.1, -0.05) is 0 Å². The van der Waals surface area contributed by atoms with Crippen LogP contribution in [0.25, 0.3) is 0 Å². The molecule has 0 saturated carbocycles. The molecule has 1 fully saturated rings. The maximum Gasteiger partial charge on any atom is 0.251 e. The Morgan fingerprint density at radius 2 is 2.39 bits per heavy atom. The van der Waals surface area contributed by atoms with Crippen LogP contribution >= 0.6 is 11.3 Å². The van der Waals surface area contributed by atoms with Crippen LogP contribution in [-0.4, -0.2) is 32.5 Å². The van der Waals surface area contributed by atoms with Crippen LogP contribution in [0.15, 0.2) is 10.4 Å². The van der Waals surface area contributed by atoms with E-state index in [0.29, 0.717) is 10.1 Å². The largest absolute Gasteiger partial charge is 0.316 e. The summed E-state index contributed by atoms with van der Waals surface area (Å²) in [5.41, 5.74) is 0. The lowest BCUT2D eigenvalue weighted by Gasteiger charge is -2.28. The van der Waals surface area contributed by atoms with Crippen LogP contribution in [0.4, 0.5) is 0 Å². The van der Waals surface area contributed by atoms with Crippen LogP contribution in [0.1, 0.15) is 24.8 Å². The standard InChI is InChI=1S/C11H19N3O2S2/c1-8(10-4-3-5-12-6-10)14-18(15,16)11-7-13-9(2)17-11/h7-8,10,12,14H,3-6H2,1-2H3. The predicted octanol–water partition coefficient (Wildman–Crippen LogP) is 1.12. The third-order valence-electron chi connectivity index (χ3n) is 3.25. The SMILES string of the molecule is Cc1ncc(S(=O)(=O)NC(C)C2CCCNC2)s1. The van der Waals surface area contributed by atoms with Gasteiger partial charge in [0.15, 0.2) is 4.21 Å². The lowest BCUT2D eigenvalue weighted by atomic mass is 9.94. The van der Waals surface area contributed by atoms with E-state index in [9.17, 15) is 8.42 Å². The normalized spacial score (nSPS) is 22.9. The summed E-state index contributed by atoms with van der Waals surface area (Å²) in [7, 11) is -3.41. The van der Waals surface area contributed by atoms with Crippen molar-refractivity contribution in [3.63, 3.8) is 0 Å². The highest BCUT2D eigenvalue weighted by atomic mass is 32.2. The predicted molar refractivity (Wildman–Crippen MR) is 72.2 cm³/mol. The van der Waals surface area contributed by atoms with Crippen LogP contribution < -0.4 is 10.0 Å². The van der Waals surface area contributed by atoms with Crippen LogP contribution in [0.2, 0.25) is 0 Å². The molecule has 1 aromatic rings. The summed E-state index contributed by atoms with van der Waals surface area (Å²) < 4.78 is 27.3. The Morgan fingerprint density at radius 1 is 1.61 bits per heavy atom. The summed E-state index contributed by atoms with van der Waals surface area (Å²) in [5.74, 6) is 0.363. The van der Waals surface area contributed by atoms with Gasteiger partial charge in [-0.3, -0.25) is 0 Å². The number of rotatable bonds is 4. The summed E-state index contributed by atoms with van der Waals surface area (Å²) in [5, 5.41) is 4.07. The monoisotopic (exact) mass is 289 g/mol. The zero-order valence-electron chi connectivity index (χ0n) is 10.6. The molecular weight excluding hydrogens is 270 g/mol. The van der Waals surface area contributed by atoms with Gasteiger partial charge in [-0.15, -0.1) is 11.3 Å². The van der Waals surface area contributed by atoms with Crippen molar-refractivity contribution < 1.29 is 8.42 Å². The van der Waals surface area contributed by atoms with Gasteiger partial charge in [-0.25, -0.2) is 18.1 Å². The average molecular weight is 289 g/mol. The number of piperidine rings is 1. The first-order valence-corrected chi connectivity index (χ1v) is 8.44. The molecule has 0 radical (unpaired) electrons. The second-order valence-corrected chi connectivity index (χ2v) is 7.89. The van der Waals surface area contributed by atoms with Gasteiger partial charge in [-0.2, -0.15) is 0 Å². The molecule has 1 saturated heterocycles. The Kier molecular flexibility index (Phi) is 4.37. The fraction of sp³-hybridized carbons (Fsp3) is 0.727. The van der Waals surface area contributed by atoms with Crippen molar-refractivity contribution in [3.8, 4) is 0 Å². The Balaban J connectivity index is 2.03. The van der Waals surface area contributed by atoms with Crippen LogP contribution in [0, 0.1) is 12.8 Å². The molecule has 0 aromatic carbocycles. The van der Waals surface area contributed by atoms with Gasteiger partial charge in [0.1, 0.15) is 0 Å². The van der Waals surface area contributed by atoms with Crippen LogP contribution in [0.5, 0.6) is 0 Å². The van der Waals surface area contributed by atoms with Crippen molar-refractivity contribution in [2.75, 3.05) is 13.1 Å². The van der Waals surface area contributed by atoms with E-state index in [2.05, 4.69) is 15.0 Å². The molecule has 1 aromatic heterocycles. The van der Waals surface area contributed by atoms with E-state index in [0.717, 1.165) is 30.9 Å². The minimum atomic E-state index is -3.41. The Hall–Kier alpha value is -0.500. The summed E-state index contributed by atoms with van der Waals surface area (Å²) in [6.07, 6.45) is 3.60. The molecular formula is C11H19N3O2S2. The molecule has 18 heavy (non-hydrogen) atoms. The molecule has 102 valence electrons. The first-order chi connectivity index (χ1) is 8.49. The van der Waals surface area contributed by atoms with Gasteiger partial charge in [0.25, 0.3) is 10.0 Å². The summed E-state index contributed by atoms with van der Waals surface area (Å²) >= 11 is 1.21. The maximum absolute atomic E-state index is 12.1. The fourth-order valence-corrected chi connectivity index (χ4v) is 4.61. The zero-order valence-corrected chi connectivity index (χ0v) is 12.3. The van der Waals surface area contributed by atoms with E-state index < -0.39 is 10.0 Å². The third kappa shape index (κ3) is 3.28. The fourth-order valence-electron chi connectivity index (χ4n) is 2.17. The number of sulfonamides is 1. The van der Waals surface area contributed by atoms with Gasteiger partial charge >= 0.3 is 0 Å². The van der Waals surface area contributed by atoms with Crippen molar-refractivity contribution in [3.05, 3.63) is 11.2 Å². The first-order valence-electron chi connectivity index (χ1n) is 6.14. The van der Waals surface area contributed by atoms with E-state index in [1.807, 2.05) is 6.92 Å². The Bertz CT molecular complexity index is 492. The Morgan fingerprint density at radius 3 is 2.94 bits per heavy atom. The topological polar surface area (TPSA) is 71.1 Å². The molecule has 0 bridgehead atoms. The zero-order chi connectivity index (χ0) is 13.2. The molecule has 2 N–H and O–H groups in total. The molecule has 2 rings (SSSR count). The number of aromatic nitrogens is 1. The first kappa shape index (κ1) is 13.9. The molecule has 5 nitrogen and oxygen atoms in total. The lowest BCUT2D eigenvalue weighted by Crippen LogP contribution is -2.44. The van der Waals surface area contributed by atoms with Gasteiger partial charge in [-0.05, 0) is 45.7 Å². The van der Waals surface area contributed by atoms with Crippen LogP contribution in [0.3, 0.4) is 0 Å². The van der Waals surface area contributed by atoms with E-state index in [1.54, 1.807) is 6.92 Å². The number of nitrogens with zero attached hydrogens (tertiary/aromatic N) is 1. The highest BCUT2D eigenvalue weighted by Gasteiger charge is 2.26. The van der Waals surface area contributed by atoms with E-state index in [4.69, 9.17) is 0 Å². The summed E-state index contributed by atoms with van der Waals surface area (Å²) in [4.78, 5) is 3.99. The van der Waals surface area contributed by atoms with E-state index in [1.165, 1.54) is 17.5 Å². The third-order valence-corrected chi connectivity index (χ3v) is 6.18. The van der Waals surface area contributed by atoms with E-state index >= 15 is 0 Å². The quantitative estimate of drug-likeness (QED) is 0.871. The number of hydrogen-bond donors (Lipinski definition) is 2. The smallest absolute Gasteiger partial charge is 0.251 e. The van der Waals surface area contributed by atoms with E-state index in [-0.39, 0.29) is 6.04 Å².